The summed E-state index contributed by atoms with van der Waals surface area (Å²) in [7, 11) is 0. The van der Waals surface area contributed by atoms with Crippen molar-refractivity contribution in [3.63, 3.8) is 0 Å². The summed E-state index contributed by atoms with van der Waals surface area (Å²) in [6, 6.07) is 10.1. The molecule has 0 spiro atoms. The van der Waals surface area contributed by atoms with Crippen LogP contribution in [0, 0.1) is 0 Å². The fourth-order valence-corrected chi connectivity index (χ4v) is 3.82. The third-order valence-electron chi connectivity index (χ3n) is 4.29. The van der Waals surface area contributed by atoms with Gasteiger partial charge in [0.15, 0.2) is 0 Å². The van der Waals surface area contributed by atoms with E-state index >= 15 is 0 Å². The largest absolute Gasteiger partial charge is 0.474 e. The fraction of sp³-hybridized carbons (Fsp3) is 0.450. The van der Waals surface area contributed by atoms with Crippen LogP contribution in [0.2, 0.25) is 0 Å². The topological polar surface area (TPSA) is 55.3 Å². The molecule has 0 N–H and O–H groups in total. The molecule has 0 unspecified atom stereocenters. The maximum Gasteiger partial charge on any atom is 0.226 e. The first-order valence-corrected chi connectivity index (χ1v) is 9.94. The molecule has 26 heavy (non-hydrogen) atoms. The Hall–Kier alpha value is -2.08. The van der Waals surface area contributed by atoms with Crippen molar-refractivity contribution in [1.82, 2.24) is 14.9 Å². The summed E-state index contributed by atoms with van der Waals surface area (Å²) in [5, 5.41) is 0.563. The van der Waals surface area contributed by atoms with Crippen LogP contribution in [0.25, 0.3) is 0 Å². The van der Waals surface area contributed by atoms with E-state index < -0.39 is 0 Å². The van der Waals surface area contributed by atoms with E-state index in [1.807, 2.05) is 16.7 Å². The number of nitrogens with zero attached hydrogens (tertiary/aromatic N) is 3. The SMILES string of the molecule is CC(C)Sc1ccc(CC(=O)N2CCC(Oc3ccncn3)CC2)cc1. The molecule has 0 radical (unpaired) electrons. The van der Waals surface area contributed by atoms with Crippen molar-refractivity contribution in [3.05, 3.63) is 48.4 Å². The summed E-state index contributed by atoms with van der Waals surface area (Å²) < 4.78 is 5.86. The van der Waals surface area contributed by atoms with Gasteiger partial charge in [-0.2, -0.15) is 0 Å². The summed E-state index contributed by atoms with van der Waals surface area (Å²) in [4.78, 5) is 23.7. The summed E-state index contributed by atoms with van der Waals surface area (Å²) in [5.74, 6) is 0.791. The second-order valence-electron chi connectivity index (χ2n) is 6.73. The number of ether oxygens (including phenoxy) is 1. The summed E-state index contributed by atoms with van der Waals surface area (Å²) in [5.41, 5.74) is 1.07. The van der Waals surface area contributed by atoms with Crippen LogP contribution in [-0.2, 0) is 11.2 Å². The standard InChI is InChI=1S/C20H25N3O2S/c1-15(2)26-18-5-3-16(4-6-18)13-20(24)23-11-8-17(9-12-23)25-19-7-10-21-14-22-19/h3-7,10,14-15,17H,8-9,11-13H2,1-2H3. The molecule has 1 aliphatic heterocycles. The van der Waals surface area contributed by atoms with Crippen LogP contribution in [0.5, 0.6) is 5.88 Å². The number of carbonyl (C=O) groups is 1. The molecule has 1 amide bonds. The zero-order chi connectivity index (χ0) is 18.4. The molecule has 2 aromatic rings. The average Bonchev–Trinajstić information content (AvgIpc) is 2.64. The van der Waals surface area contributed by atoms with Crippen LogP contribution < -0.4 is 4.74 Å². The second-order valence-corrected chi connectivity index (χ2v) is 8.38. The quantitative estimate of drug-likeness (QED) is 0.727. The van der Waals surface area contributed by atoms with Gasteiger partial charge in [0.1, 0.15) is 12.4 Å². The lowest BCUT2D eigenvalue weighted by molar-refractivity contribution is -0.132. The molecular formula is C20H25N3O2S. The Morgan fingerprint density at radius 1 is 1.23 bits per heavy atom. The van der Waals surface area contributed by atoms with E-state index in [1.165, 1.54) is 11.2 Å². The molecule has 2 heterocycles. The van der Waals surface area contributed by atoms with Gasteiger partial charge in [0.05, 0.1) is 6.42 Å². The minimum Gasteiger partial charge on any atom is -0.474 e. The average molecular weight is 372 g/mol. The number of hydrogen-bond donors (Lipinski definition) is 0. The predicted octanol–water partition coefficient (Wildman–Crippen LogP) is 3.59. The molecule has 1 aromatic carbocycles. The molecule has 0 saturated carbocycles. The number of carbonyl (C=O) groups excluding carboxylic acids is 1. The van der Waals surface area contributed by atoms with Crippen LogP contribution in [0.1, 0.15) is 32.3 Å². The van der Waals surface area contributed by atoms with Gasteiger partial charge in [0, 0.05) is 48.3 Å². The highest BCUT2D eigenvalue weighted by Gasteiger charge is 2.24. The highest BCUT2D eigenvalue weighted by atomic mass is 32.2. The fourth-order valence-electron chi connectivity index (χ4n) is 2.99. The third kappa shape index (κ3) is 5.46. The third-order valence-corrected chi connectivity index (χ3v) is 5.30. The van der Waals surface area contributed by atoms with Crippen molar-refractivity contribution in [2.45, 2.75) is 49.4 Å². The minimum absolute atomic E-state index is 0.112. The van der Waals surface area contributed by atoms with Crippen molar-refractivity contribution in [2.24, 2.45) is 0 Å². The molecule has 138 valence electrons. The van der Waals surface area contributed by atoms with E-state index in [9.17, 15) is 4.79 Å². The number of likely N-dealkylation sites (tertiary alicyclic amines) is 1. The number of benzene rings is 1. The number of aromatic nitrogens is 2. The molecule has 3 rings (SSSR count). The zero-order valence-corrected chi connectivity index (χ0v) is 16.1. The van der Waals surface area contributed by atoms with Crippen LogP contribution in [-0.4, -0.2) is 45.2 Å². The summed E-state index contributed by atoms with van der Waals surface area (Å²) in [6.45, 7) is 5.83. The van der Waals surface area contributed by atoms with E-state index in [0.29, 0.717) is 17.6 Å². The van der Waals surface area contributed by atoms with Crippen molar-refractivity contribution >= 4 is 17.7 Å². The molecule has 5 nitrogen and oxygen atoms in total. The Balaban J connectivity index is 1.46. The maximum absolute atomic E-state index is 12.6. The van der Waals surface area contributed by atoms with Crippen molar-refractivity contribution < 1.29 is 9.53 Å². The minimum atomic E-state index is 0.112. The smallest absolute Gasteiger partial charge is 0.226 e. The Morgan fingerprint density at radius 3 is 2.58 bits per heavy atom. The van der Waals surface area contributed by atoms with Gasteiger partial charge in [-0.05, 0) is 17.7 Å². The summed E-state index contributed by atoms with van der Waals surface area (Å²) >= 11 is 1.84. The number of piperidine rings is 1. The van der Waals surface area contributed by atoms with Crippen molar-refractivity contribution in [3.8, 4) is 5.88 Å². The normalized spacial score (nSPS) is 15.3. The van der Waals surface area contributed by atoms with E-state index in [-0.39, 0.29) is 12.0 Å². The van der Waals surface area contributed by atoms with Crippen LogP contribution in [0.3, 0.4) is 0 Å². The number of hydrogen-bond acceptors (Lipinski definition) is 5. The van der Waals surface area contributed by atoms with E-state index in [0.717, 1.165) is 31.5 Å². The predicted molar refractivity (Wildman–Crippen MR) is 103 cm³/mol. The first-order valence-electron chi connectivity index (χ1n) is 9.06. The Kier molecular flexibility index (Phi) is 6.50. The van der Waals surface area contributed by atoms with Gasteiger partial charge >= 0.3 is 0 Å². The lowest BCUT2D eigenvalue weighted by Crippen LogP contribution is -2.42. The monoisotopic (exact) mass is 371 g/mol. The molecule has 0 aliphatic carbocycles. The molecule has 1 saturated heterocycles. The van der Waals surface area contributed by atoms with Crippen molar-refractivity contribution in [2.75, 3.05) is 13.1 Å². The van der Waals surface area contributed by atoms with Gasteiger partial charge in [0.2, 0.25) is 11.8 Å². The van der Waals surface area contributed by atoms with Gasteiger partial charge in [-0.15, -0.1) is 11.8 Å². The molecular weight excluding hydrogens is 346 g/mol. The van der Waals surface area contributed by atoms with Gasteiger partial charge in [0.25, 0.3) is 0 Å². The Bertz CT molecular complexity index is 699. The molecule has 1 aliphatic rings. The van der Waals surface area contributed by atoms with Gasteiger partial charge in [-0.25, -0.2) is 9.97 Å². The lowest BCUT2D eigenvalue weighted by atomic mass is 10.1. The number of amides is 1. The van der Waals surface area contributed by atoms with Gasteiger partial charge in [-0.3, -0.25) is 4.79 Å². The van der Waals surface area contributed by atoms with E-state index in [4.69, 9.17) is 4.74 Å². The van der Waals surface area contributed by atoms with Crippen LogP contribution in [0.4, 0.5) is 0 Å². The van der Waals surface area contributed by atoms with E-state index in [2.05, 4.69) is 48.1 Å². The first-order chi connectivity index (χ1) is 12.6. The second kappa shape index (κ2) is 9.03. The van der Waals surface area contributed by atoms with Crippen LogP contribution >= 0.6 is 11.8 Å². The summed E-state index contributed by atoms with van der Waals surface area (Å²) in [6.07, 6.45) is 5.40. The highest BCUT2D eigenvalue weighted by Crippen LogP contribution is 2.23. The molecule has 0 atom stereocenters. The van der Waals surface area contributed by atoms with Gasteiger partial charge < -0.3 is 9.64 Å². The molecule has 1 fully saturated rings. The van der Waals surface area contributed by atoms with E-state index in [1.54, 1.807) is 12.3 Å². The van der Waals surface area contributed by atoms with Crippen molar-refractivity contribution in [1.29, 1.82) is 0 Å². The molecule has 1 aromatic heterocycles. The number of thioether (sulfide) groups is 1. The Labute approximate surface area is 159 Å². The molecule has 6 heteroatoms. The maximum atomic E-state index is 12.6. The van der Waals surface area contributed by atoms with Crippen LogP contribution in [0.15, 0.2) is 47.8 Å². The zero-order valence-electron chi connectivity index (χ0n) is 15.3. The molecule has 0 bridgehead atoms. The lowest BCUT2D eigenvalue weighted by Gasteiger charge is -2.32. The highest BCUT2D eigenvalue weighted by molar-refractivity contribution is 7.99. The number of rotatable bonds is 6. The first kappa shape index (κ1) is 18.7. The Morgan fingerprint density at radius 2 is 1.96 bits per heavy atom. The van der Waals surface area contributed by atoms with Gasteiger partial charge in [-0.1, -0.05) is 26.0 Å².